The third-order valence-electron chi connectivity index (χ3n) is 2.27. The van der Waals surface area contributed by atoms with Crippen molar-refractivity contribution in [1.82, 2.24) is 5.32 Å². The summed E-state index contributed by atoms with van der Waals surface area (Å²) in [5, 5.41) is 2.93. The Hall–Kier alpha value is -0.500. The first-order valence-electron chi connectivity index (χ1n) is 5.86. The molecule has 0 aromatic rings. The summed E-state index contributed by atoms with van der Waals surface area (Å²) in [6, 6.07) is 0. The number of alkyl halides is 6. The van der Waals surface area contributed by atoms with Crippen molar-refractivity contribution >= 4 is 0 Å². The average molecular weight is 295 g/mol. The molecule has 8 heteroatoms. The quantitative estimate of drug-likeness (QED) is 0.573. The van der Waals surface area contributed by atoms with Crippen molar-refractivity contribution in [2.75, 3.05) is 19.7 Å². The molecule has 0 fully saturated rings. The molecule has 0 aromatic carbocycles. The normalized spacial score (nSPS) is 14.2. The van der Waals surface area contributed by atoms with Crippen molar-refractivity contribution < 1.29 is 31.1 Å². The second kappa shape index (κ2) is 6.78. The fourth-order valence-electron chi connectivity index (χ4n) is 1.34. The minimum atomic E-state index is -5.45. The van der Waals surface area contributed by atoms with Crippen LogP contribution in [0.25, 0.3) is 0 Å². The van der Waals surface area contributed by atoms with Gasteiger partial charge in [0.1, 0.15) is 0 Å². The van der Waals surface area contributed by atoms with Crippen LogP contribution in [0.3, 0.4) is 0 Å². The van der Waals surface area contributed by atoms with E-state index >= 15 is 0 Å². The molecule has 116 valence electrons. The highest BCUT2D eigenvalue weighted by molar-refractivity contribution is 4.79. The SMILES string of the molecule is CCCNCC(C)(C)COC(C(F)(F)F)C(F)(F)F. The van der Waals surface area contributed by atoms with Crippen molar-refractivity contribution in [2.24, 2.45) is 5.41 Å². The lowest BCUT2D eigenvalue weighted by molar-refractivity contribution is -0.325. The number of hydrogen-bond donors (Lipinski definition) is 1. The Balaban J connectivity index is 4.47. The Morgan fingerprint density at radius 2 is 1.47 bits per heavy atom. The van der Waals surface area contributed by atoms with Gasteiger partial charge in [0.25, 0.3) is 0 Å². The lowest BCUT2D eigenvalue weighted by atomic mass is 9.94. The Morgan fingerprint density at radius 3 is 1.84 bits per heavy atom. The van der Waals surface area contributed by atoms with Crippen molar-refractivity contribution in [2.45, 2.75) is 45.6 Å². The van der Waals surface area contributed by atoms with Crippen molar-refractivity contribution in [3.05, 3.63) is 0 Å². The second-order valence-corrected chi connectivity index (χ2v) is 5.12. The fraction of sp³-hybridized carbons (Fsp3) is 1.00. The molecule has 0 saturated heterocycles. The summed E-state index contributed by atoms with van der Waals surface area (Å²) in [7, 11) is 0. The van der Waals surface area contributed by atoms with Crippen LogP contribution < -0.4 is 5.32 Å². The van der Waals surface area contributed by atoms with E-state index < -0.39 is 30.5 Å². The largest absolute Gasteiger partial charge is 0.423 e. The molecule has 0 radical (unpaired) electrons. The first-order chi connectivity index (χ1) is 8.40. The van der Waals surface area contributed by atoms with Crippen LogP contribution in [0.15, 0.2) is 0 Å². The summed E-state index contributed by atoms with van der Waals surface area (Å²) in [5.41, 5.74) is -0.816. The van der Waals surface area contributed by atoms with Crippen molar-refractivity contribution in [3.8, 4) is 0 Å². The van der Waals surface area contributed by atoms with Gasteiger partial charge in [-0.2, -0.15) is 26.3 Å². The van der Waals surface area contributed by atoms with Crippen LogP contribution in [0, 0.1) is 5.41 Å². The van der Waals surface area contributed by atoms with E-state index in [1.165, 1.54) is 0 Å². The molecule has 0 unspecified atom stereocenters. The summed E-state index contributed by atoms with van der Waals surface area (Å²) in [6.45, 7) is 5.28. The second-order valence-electron chi connectivity index (χ2n) is 5.12. The molecule has 0 atom stereocenters. The maximum absolute atomic E-state index is 12.2. The van der Waals surface area contributed by atoms with Gasteiger partial charge in [-0.3, -0.25) is 0 Å². The molecule has 0 spiro atoms. The Kier molecular flexibility index (Phi) is 6.61. The third-order valence-corrected chi connectivity index (χ3v) is 2.27. The summed E-state index contributed by atoms with van der Waals surface area (Å²) >= 11 is 0. The molecule has 1 N–H and O–H groups in total. The van der Waals surface area contributed by atoms with Crippen LogP contribution in [0.1, 0.15) is 27.2 Å². The molecule has 0 aliphatic heterocycles. The number of hydrogen-bond acceptors (Lipinski definition) is 2. The predicted octanol–water partition coefficient (Wildman–Crippen LogP) is 3.52. The van der Waals surface area contributed by atoms with Gasteiger partial charge in [0.2, 0.25) is 6.10 Å². The first-order valence-corrected chi connectivity index (χ1v) is 5.86. The molecule has 0 saturated carbocycles. The van der Waals surface area contributed by atoms with Crippen LogP contribution >= 0.6 is 0 Å². The van der Waals surface area contributed by atoms with Crippen LogP contribution in [-0.2, 0) is 4.74 Å². The van der Waals surface area contributed by atoms with Crippen LogP contribution in [-0.4, -0.2) is 38.2 Å². The van der Waals surface area contributed by atoms with E-state index in [1.54, 1.807) is 13.8 Å². The number of rotatable bonds is 7. The minimum absolute atomic E-state index is 0.281. The van der Waals surface area contributed by atoms with Crippen LogP contribution in [0.5, 0.6) is 0 Å². The maximum Gasteiger partial charge on any atom is 0.423 e. The topological polar surface area (TPSA) is 21.3 Å². The van der Waals surface area contributed by atoms with E-state index in [4.69, 9.17) is 0 Å². The molecule has 0 aliphatic rings. The molecule has 0 aromatic heterocycles. The zero-order valence-electron chi connectivity index (χ0n) is 11.1. The van der Waals surface area contributed by atoms with Crippen molar-refractivity contribution in [3.63, 3.8) is 0 Å². The van der Waals surface area contributed by atoms with E-state index in [9.17, 15) is 26.3 Å². The number of halogens is 6. The van der Waals surface area contributed by atoms with Gasteiger partial charge in [-0.05, 0) is 13.0 Å². The molecule has 19 heavy (non-hydrogen) atoms. The van der Waals surface area contributed by atoms with Gasteiger partial charge < -0.3 is 10.1 Å². The standard InChI is InChI=1S/C11H19F6NO/c1-4-5-18-6-9(2,3)7-19-8(10(12,13)14)11(15,16)17/h8,18H,4-7H2,1-3H3. The smallest absolute Gasteiger partial charge is 0.360 e. The van der Waals surface area contributed by atoms with Crippen LogP contribution in [0.2, 0.25) is 0 Å². The van der Waals surface area contributed by atoms with Gasteiger partial charge in [0.05, 0.1) is 6.61 Å². The Labute approximate surface area is 108 Å². The van der Waals surface area contributed by atoms with E-state index in [1.807, 2.05) is 6.92 Å². The Bertz CT molecular complexity index is 247. The van der Waals surface area contributed by atoms with E-state index in [0.29, 0.717) is 6.54 Å². The summed E-state index contributed by atoms with van der Waals surface area (Å²) < 4.78 is 77.5. The van der Waals surface area contributed by atoms with E-state index in [2.05, 4.69) is 10.1 Å². The maximum atomic E-state index is 12.2. The average Bonchev–Trinajstić information content (AvgIpc) is 2.13. The van der Waals surface area contributed by atoms with Gasteiger partial charge in [-0.1, -0.05) is 20.8 Å². The van der Waals surface area contributed by atoms with E-state index in [0.717, 1.165) is 6.42 Å². The molecule has 0 aliphatic carbocycles. The zero-order chi connectivity index (χ0) is 15.3. The zero-order valence-corrected chi connectivity index (χ0v) is 11.1. The Morgan fingerprint density at radius 1 is 1.00 bits per heavy atom. The molecule has 0 bridgehead atoms. The van der Waals surface area contributed by atoms with Crippen molar-refractivity contribution in [1.29, 1.82) is 0 Å². The monoisotopic (exact) mass is 295 g/mol. The fourth-order valence-corrected chi connectivity index (χ4v) is 1.34. The molecule has 0 heterocycles. The lowest BCUT2D eigenvalue weighted by Gasteiger charge is -2.29. The van der Waals surface area contributed by atoms with Crippen LogP contribution in [0.4, 0.5) is 26.3 Å². The number of ether oxygens (including phenoxy) is 1. The van der Waals surface area contributed by atoms with Gasteiger partial charge in [-0.25, -0.2) is 0 Å². The van der Waals surface area contributed by atoms with Gasteiger partial charge in [-0.15, -0.1) is 0 Å². The van der Waals surface area contributed by atoms with Gasteiger partial charge in [0, 0.05) is 12.0 Å². The highest BCUT2D eigenvalue weighted by atomic mass is 19.4. The van der Waals surface area contributed by atoms with Gasteiger partial charge >= 0.3 is 12.4 Å². The highest BCUT2D eigenvalue weighted by Crippen LogP contribution is 2.36. The minimum Gasteiger partial charge on any atom is -0.360 e. The molecule has 2 nitrogen and oxygen atoms in total. The first kappa shape index (κ1) is 18.5. The summed E-state index contributed by atoms with van der Waals surface area (Å²) in [6.07, 6.45) is -13.8. The summed E-state index contributed by atoms with van der Waals surface area (Å²) in [5.74, 6) is 0. The lowest BCUT2D eigenvalue weighted by Crippen LogP contribution is -2.46. The molecule has 0 rings (SSSR count). The predicted molar refractivity (Wildman–Crippen MR) is 58.8 cm³/mol. The van der Waals surface area contributed by atoms with Gasteiger partial charge in [0.15, 0.2) is 0 Å². The molecular weight excluding hydrogens is 276 g/mol. The third kappa shape index (κ3) is 7.61. The number of nitrogens with one attached hydrogen (secondary N) is 1. The molecule has 0 amide bonds. The highest BCUT2D eigenvalue weighted by Gasteiger charge is 2.58. The summed E-state index contributed by atoms with van der Waals surface area (Å²) in [4.78, 5) is 0. The molecular formula is C11H19F6NO. The van der Waals surface area contributed by atoms with E-state index in [-0.39, 0.29) is 6.54 Å².